The molecular formula is C44H44N4O8. The zero-order chi connectivity index (χ0) is 39.6. The van der Waals surface area contributed by atoms with Gasteiger partial charge in [0.05, 0.1) is 30.9 Å². The number of nitrogens with zero attached hydrogens (tertiary/aromatic N) is 1. The number of nitrogens with one attached hydrogen (secondary N) is 3. The number of fused-ring (bicyclic) bond motifs is 1. The van der Waals surface area contributed by atoms with Crippen LogP contribution in [0, 0.1) is 18.8 Å². The molecular weight excluding hydrogens is 713 g/mol. The highest BCUT2D eigenvalue weighted by molar-refractivity contribution is 6.23. The average Bonchev–Trinajstić information content (AvgIpc) is 3.45. The molecule has 4 aromatic rings. The Balaban J connectivity index is 0.924. The summed E-state index contributed by atoms with van der Waals surface area (Å²) >= 11 is 0. The van der Waals surface area contributed by atoms with Crippen molar-refractivity contribution in [3.8, 4) is 40.2 Å². The number of hydrogen-bond acceptors (Lipinski definition) is 9. The van der Waals surface area contributed by atoms with E-state index in [0.29, 0.717) is 68.3 Å². The van der Waals surface area contributed by atoms with Crippen LogP contribution in [0.1, 0.15) is 75.1 Å². The third kappa shape index (κ3) is 9.08. The van der Waals surface area contributed by atoms with E-state index in [0.717, 1.165) is 27.2 Å². The summed E-state index contributed by atoms with van der Waals surface area (Å²) < 4.78 is 17.6. The van der Waals surface area contributed by atoms with Crippen LogP contribution in [0.5, 0.6) is 17.2 Å². The van der Waals surface area contributed by atoms with Gasteiger partial charge in [0.25, 0.3) is 11.8 Å². The minimum atomic E-state index is -1.02. The van der Waals surface area contributed by atoms with Gasteiger partial charge >= 0.3 is 0 Å². The van der Waals surface area contributed by atoms with Gasteiger partial charge in [0.2, 0.25) is 17.7 Å². The van der Waals surface area contributed by atoms with Gasteiger partial charge in [-0.15, -0.1) is 0 Å². The molecule has 6 rings (SSSR count). The fourth-order valence-electron chi connectivity index (χ4n) is 6.79. The van der Waals surface area contributed by atoms with E-state index in [-0.39, 0.29) is 29.9 Å². The third-order valence-corrected chi connectivity index (χ3v) is 9.81. The molecule has 2 heterocycles. The summed E-state index contributed by atoms with van der Waals surface area (Å²) in [5, 5.41) is 8.44. The molecule has 1 unspecified atom stereocenters. The Hall–Kier alpha value is -6.45. The summed E-state index contributed by atoms with van der Waals surface area (Å²) in [4.78, 5) is 63.1. The van der Waals surface area contributed by atoms with Crippen LogP contribution in [-0.4, -0.2) is 67.8 Å². The van der Waals surface area contributed by atoms with Crippen LogP contribution >= 0.6 is 0 Å². The van der Waals surface area contributed by atoms with E-state index in [2.05, 4.69) is 59.0 Å². The number of carbonyl (C=O) groups excluding carboxylic acids is 5. The lowest BCUT2D eigenvalue weighted by Crippen LogP contribution is -2.54. The van der Waals surface area contributed by atoms with Crippen LogP contribution in [0.15, 0.2) is 78.9 Å². The number of rotatable bonds is 15. The molecule has 0 aromatic heterocycles. The Morgan fingerprint density at radius 2 is 1.62 bits per heavy atom. The quantitative estimate of drug-likeness (QED) is 0.0857. The van der Waals surface area contributed by atoms with Crippen molar-refractivity contribution in [2.45, 2.75) is 58.2 Å². The average molecular weight is 757 g/mol. The smallest absolute Gasteiger partial charge is 0.262 e. The molecule has 12 heteroatoms. The maximum Gasteiger partial charge on any atom is 0.262 e. The summed E-state index contributed by atoms with van der Waals surface area (Å²) in [5.41, 5.74) is 6.32. The number of hydrogen-bond donors (Lipinski definition) is 3. The Labute approximate surface area is 325 Å². The molecule has 3 N–H and O–H groups in total. The normalized spacial score (nSPS) is 14.8. The van der Waals surface area contributed by atoms with E-state index in [9.17, 15) is 24.0 Å². The zero-order valence-electron chi connectivity index (χ0n) is 31.7. The summed E-state index contributed by atoms with van der Waals surface area (Å²) in [7, 11) is 3.21. The molecule has 56 heavy (non-hydrogen) atoms. The van der Waals surface area contributed by atoms with Gasteiger partial charge < -0.3 is 24.8 Å². The molecule has 2 aliphatic heterocycles. The van der Waals surface area contributed by atoms with Crippen molar-refractivity contribution >= 4 is 29.5 Å². The predicted octanol–water partition coefficient (Wildman–Crippen LogP) is 5.09. The second-order valence-corrected chi connectivity index (χ2v) is 13.4. The van der Waals surface area contributed by atoms with Crippen molar-refractivity contribution in [2.75, 3.05) is 27.3 Å². The number of carbonyl (C=O) groups is 5. The summed E-state index contributed by atoms with van der Waals surface area (Å²) in [5.74, 6) is 5.57. The molecule has 12 nitrogen and oxygen atoms in total. The molecule has 0 saturated carbocycles. The summed E-state index contributed by atoms with van der Waals surface area (Å²) in [6.45, 7) is 3.89. The Bertz CT molecular complexity index is 2180. The maximum atomic E-state index is 13.0. The van der Waals surface area contributed by atoms with Crippen LogP contribution < -0.4 is 30.2 Å². The Morgan fingerprint density at radius 3 is 2.36 bits per heavy atom. The number of unbranched alkanes of at least 4 members (excludes halogenated alkanes) is 1. The number of imide groups is 2. The number of piperidine rings is 1. The van der Waals surface area contributed by atoms with Gasteiger partial charge in [-0.05, 0) is 60.2 Å². The standard InChI is InChI=1S/C44H44N4O8/c1-28-31(14-10-15-33(28)30-12-7-5-8-13-30)27-56-32-24-38(54-2)36(39(25-32)55-3)26-45-21-22-46-40(49)16-9-4-6-11-29-17-18-34-35(23-29)44(53)48(43(34)52)37-19-20-41(50)47-42(37)51/h5,7-8,10,12-15,17-18,23-25,37,45H,4,9,16,19-22,26-27H2,1-3H3,(H,46,49)(H,47,50,51). The van der Waals surface area contributed by atoms with Crippen LogP contribution in [0.4, 0.5) is 0 Å². The first-order valence-electron chi connectivity index (χ1n) is 18.5. The molecule has 288 valence electrons. The van der Waals surface area contributed by atoms with Gasteiger partial charge in [0.1, 0.15) is 29.9 Å². The lowest BCUT2D eigenvalue weighted by Gasteiger charge is -2.27. The highest BCUT2D eigenvalue weighted by Gasteiger charge is 2.44. The number of amides is 5. The summed E-state index contributed by atoms with van der Waals surface area (Å²) in [6, 6.07) is 23.9. The molecule has 0 spiro atoms. The van der Waals surface area contributed by atoms with Crippen LogP contribution in [0.3, 0.4) is 0 Å². The molecule has 4 aromatic carbocycles. The lowest BCUT2D eigenvalue weighted by atomic mass is 9.97. The molecule has 2 aliphatic rings. The van der Waals surface area contributed by atoms with Crippen LogP contribution in [-0.2, 0) is 27.5 Å². The molecule has 1 atom stereocenters. The Kier molecular flexibility index (Phi) is 12.8. The van der Waals surface area contributed by atoms with E-state index < -0.39 is 29.7 Å². The van der Waals surface area contributed by atoms with Crippen molar-refractivity contribution in [3.63, 3.8) is 0 Å². The Morgan fingerprint density at radius 1 is 0.875 bits per heavy atom. The molecule has 0 aliphatic carbocycles. The second-order valence-electron chi connectivity index (χ2n) is 13.4. The van der Waals surface area contributed by atoms with Gasteiger partial charge in [0, 0.05) is 56.6 Å². The molecule has 0 bridgehead atoms. The number of benzene rings is 4. The minimum Gasteiger partial charge on any atom is -0.496 e. The van der Waals surface area contributed by atoms with E-state index in [1.54, 1.807) is 20.3 Å². The van der Waals surface area contributed by atoms with E-state index in [1.165, 1.54) is 17.7 Å². The zero-order valence-corrected chi connectivity index (χ0v) is 31.7. The van der Waals surface area contributed by atoms with Crippen molar-refractivity contribution in [1.29, 1.82) is 0 Å². The minimum absolute atomic E-state index is 0.0556. The van der Waals surface area contributed by atoms with E-state index in [1.807, 2.05) is 36.4 Å². The van der Waals surface area contributed by atoms with Gasteiger partial charge in [-0.3, -0.25) is 34.2 Å². The fourth-order valence-corrected chi connectivity index (χ4v) is 6.79. The molecule has 1 fully saturated rings. The van der Waals surface area contributed by atoms with Crippen molar-refractivity contribution < 1.29 is 38.2 Å². The SMILES string of the molecule is COc1cc(OCc2cccc(-c3ccccc3)c2C)cc(OC)c1CNCCNC(=O)CCCC#Cc1ccc2c(c1)C(=O)N(C1CCC(=O)NC1=O)C2=O. The number of ether oxygens (including phenoxy) is 3. The molecule has 1 saturated heterocycles. The topological polar surface area (TPSA) is 152 Å². The highest BCUT2D eigenvalue weighted by Crippen LogP contribution is 2.35. The monoisotopic (exact) mass is 756 g/mol. The van der Waals surface area contributed by atoms with Crippen molar-refractivity contribution in [2.24, 2.45) is 0 Å². The molecule has 5 amide bonds. The fraction of sp³-hybridized carbons (Fsp3) is 0.295. The van der Waals surface area contributed by atoms with Gasteiger partial charge in [-0.25, -0.2) is 0 Å². The lowest BCUT2D eigenvalue weighted by molar-refractivity contribution is -0.136. The molecule has 0 radical (unpaired) electrons. The van der Waals surface area contributed by atoms with Gasteiger partial charge in [-0.2, -0.15) is 0 Å². The van der Waals surface area contributed by atoms with Crippen LogP contribution in [0.2, 0.25) is 0 Å². The maximum absolute atomic E-state index is 13.0. The first-order chi connectivity index (χ1) is 27.2. The van der Waals surface area contributed by atoms with Crippen molar-refractivity contribution in [1.82, 2.24) is 20.9 Å². The van der Waals surface area contributed by atoms with Gasteiger partial charge in [-0.1, -0.05) is 60.4 Å². The van der Waals surface area contributed by atoms with Gasteiger partial charge in [0.15, 0.2) is 0 Å². The van der Waals surface area contributed by atoms with E-state index >= 15 is 0 Å². The predicted molar refractivity (Wildman–Crippen MR) is 209 cm³/mol. The summed E-state index contributed by atoms with van der Waals surface area (Å²) in [6.07, 6.45) is 1.44. The van der Waals surface area contributed by atoms with Crippen LogP contribution in [0.25, 0.3) is 11.1 Å². The largest absolute Gasteiger partial charge is 0.496 e. The first kappa shape index (κ1) is 39.2. The first-order valence-corrected chi connectivity index (χ1v) is 18.5. The van der Waals surface area contributed by atoms with Crippen molar-refractivity contribution in [3.05, 3.63) is 112 Å². The number of methoxy groups -OCH3 is 2. The highest BCUT2D eigenvalue weighted by atomic mass is 16.5. The second kappa shape index (κ2) is 18.3. The van der Waals surface area contributed by atoms with E-state index in [4.69, 9.17) is 14.2 Å². The third-order valence-electron chi connectivity index (χ3n) is 9.81.